The third kappa shape index (κ3) is 5.67. The maximum Gasteiger partial charge on any atom is 0.311 e. The highest BCUT2D eigenvalue weighted by molar-refractivity contribution is 7.99. The number of rotatable bonds is 9. The maximum absolute atomic E-state index is 12.5. The first-order chi connectivity index (χ1) is 18.3. The molecule has 0 spiro atoms. The molecular weight excluding hydrogens is 500 g/mol. The first-order valence-electron chi connectivity index (χ1n) is 14.6. The summed E-state index contributed by atoms with van der Waals surface area (Å²) in [6.45, 7) is 2.75. The molecule has 0 aromatic heterocycles. The number of esters is 1. The van der Waals surface area contributed by atoms with Crippen LogP contribution in [0.4, 0.5) is 0 Å². The Bertz CT molecular complexity index is 1040. The number of benzene rings is 1. The molecule has 1 aromatic rings. The number of nitrogens with zero attached hydrogens (tertiary/aromatic N) is 1. The Morgan fingerprint density at radius 1 is 1.11 bits per heavy atom. The largest absolute Gasteiger partial charge is 0.427 e. The van der Waals surface area contributed by atoms with E-state index in [1.165, 1.54) is 11.1 Å². The molecule has 4 aliphatic rings. The average Bonchev–Trinajstić information content (AvgIpc) is 3.22. The lowest BCUT2D eigenvalue weighted by atomic mass is 9.55. The van der Waals surface area contributed by atoms with Crippen LogP contribution in [0, 0.1) is 22.2 Å². The van der Waals surface area contributed by atoms with Gasteiger partial charge < -0.3 is 15.2 Å². The van der Waals surface area contributed by atoms with Crippen LogP contribution >= 0.6 is 11.9 Å². The van der Waals surface area contributed by atoms with Crippen LogP contribution in [0.2, 0.25) is 0 Å². The van der Waals surface area contributed by atoms with Gasteiger partial charge in [0.15, 0.2) is 0 Å². The number of hydrogen-bond donors (Lipinski definition) is 2. The molecule has 5 atom stereocenters. The third-order valence-electron chi connectivity index (χ3n) is 10.3. The van der Waals surface area contributed by atoms with Gasteiger partial charge in [0, 0.05) is 35.9 Å². The van der Waals surface area contributed by atoms with Gasteiger partial charge >= 0.3 is 5.97 Å². The summed E-state index contributed by atoms with van der Waals surface area (Å²) in [6.07, 6.45) is 12.2. The van der Waals surface area contributed by atoms with Crippen molar-refractivity contribution in [2.75, 3.05) is 6.54 Å². The summed E-state index contributed by atoms with van der Waals surface area (Å²) in [5.74, 6) is 1.96. The number of nitrogens with one attached hydrogen (secondary N) is 1. The molecule has 0 heterocycles. The van der Waals surface area contributed by atoms with Crippen LogP contribution in [-0.4, -0.2) is 34.4 Å². The minimum absolute atomic E-state index is 0.0774. The number of amides is 1. The first-order valence-corrected chi connectivity index (χ1v) is 15.4. The second kappa shape index (κ2) is 11.7. The van der Waals surface area contributed by atoms with Gasteiger partial charge in [-0.25, -0.2) is 0 Å². The van der Waals surface area contributed by atoms with Gasteiger partial charge in [-0.3, -0.25) is 9.59 Å². The fourth-order valence-electron chi connectivity index (χ4n) is 8.09. The van der Waals surface area contributed by atoms with E-state index in [0.29, 0.717) is 36.5 Å². The topological polar surface area (TPSA) is 105 Å². The monoisotopic (exact) mass is 542 g/mol. The lowest BCUT2D eigenvalue weighted by molar-refractivity contribution is -0.134. The van der Waals surface area contributed by atoms with Crippen molar-refractivity contribution < 1.29 is 19.4 Å². The van der Waals surface area contributed by atoms with Crippen molar-refractivity contribution in [1.29, 1.82) is 0 Å². The molecule has 1 amide bonds. The SMILES string of the molecule is CC12CCC3c4ccc(OC(=O)CCCC(=O)NCC5(SN=O)CCCCC5)cc4CCC3C1CCC2O. The first kappa shape index (κ1) is 27.6. The van der Waals surface area contributed by atoms with Gasteiger partial charge in [0.2, 0.25) is 5.91 Å². The number of carbonyl (C=O) groups excluding carboxylic acids is 2. The minimum atomic E-state index is -0.315. The number of aliphatic hydroxyl groups excluding tert-OH is 1. The summed E-state index contributed by atoms with van der Waals surface area (Å²) in [4.78, 5) is 35.7. The Kier molecular flexibility index (Phi) is 8.48. The van der Waals surface area contributed by atoms with Crippen LogP contribution in [-0.2, 0) is 16.0 Å². The average molecular weight is 543 g/mol. The lowest BCUT2D eigenvalue weighted by Gasteiger charge is -2.50. The van der Waals surface area contributed by atoms with E-state index >= 15 is 0 Å². The molecule has 0 aliphatic heterocycles. The molecule has 0 radical (unpaired) electrons. The summed E-state index contributed by atoms with van der Waals surface area (Å²) in [5.41, 5.74) is 2.77. The van der Waals surface area contributed by atoms with Crippen LogP contribution in [0.3, 0.4) is 0 Å². The highest BCUT2D eigenvalue weighted by Crippen LogP contribution is 2.61. The molecular formula is C30H42N2O5S. The van der Waals surface area contributed by atoms with Gasteiger partial charge in [-0.2, -0.15) is 0 Å². The molecule has 38 heavy (non-hydrogen) atoms. The van der Waals surface area contributed by atoms with Crippen LogP contribution in [0.5, 0.6) is 5.75 Å². The fourth-order valence-corrected chi connectivity index (χ4v) is 8.86. The number of hydrogen-bond acceptors (Lipinski definition) is 7. The number of nitroso groups, excluding NO2 is 1. The smallest absolute Gasteiger partial charge is 0.311 e. The van der Waals surface area contributed by atoms with E-state index in [-0.39, 0.29) is 41.0 Å². The van der Waals surface area contributed by atoms with Gasteiger partial charge in [-0.1, -0.05) is 32.3 Å². The molecule has 2 N–H and O–H groups in total. The van der Waals surface area contributed by atoms with Crippen molar-refractivity contribution in [3.63, 3.8) is 0 Å². The quantitative estimate of drug-likeness (QED) is 0.166. The summed E-state index contributed by atoms with van der Waals surface area (Å²) in [6, 6.07) is 6.12. The molecule has 5 rings (SSSR count). The second-order valence-electron chi connectivity index (χ2n) is 12.4. The minimum Gasteiger partial charge on any atom is -0.427 e. The predicted molar refractivity (Wildman–Crippen MR) is 149 cm³/mol. The van der Waals surface area contributed by atoms with E-state index in [2.05, 4.69) is 22.9 Å². The van der Waals surface area contributed by atoms with E-state index in [0.717, 1.165) is 82.6 Å². The fraction of sp³-hybridized carbons (Fsp3) is 0.733. The van der Waals surface area contributed by atoms with Gasteiger partial charge in [-0.05, 0) is 104 Å². The molecule has 7 nitrogen and oxygen atoms in total. The van der Waals surface area contributed by atoms with Crippen LogP contribution < -0.4 is 10.1 Å². The Labute approximate surface area is 230 Å². The third-order valence-corrected chi connectivity index (χ3v) is 11.3. The van der Waals surface area contributed by atoms with Crippen molar-refractivity contribution >= 4 is 23.8 Å². The Hall–Kier alpha value is -1.93. The van der Waals surface area contributed by atoms with Gasteiger partial charge in [-0.15, -0.1) is 4.91 Å². The summed E-state index contributed by atoms with van der Waals surface area (Å²) in [5, 5.41) is 13.6. The summed E-state index contributed by atoms with van der Waals surface area (Å²) in [7, 11) is 0. The van der Waals surface area contributed by atoms with Crippen molar-refractivity contribution in [2.45, 2.75) is 114 Å². The van der Waals surface area contributed by atoms with Crippen molar-refractivity contribution in [1.82, 2.24) is 5.32 Å². The van der Waals surface area contributed by atoms with Crippen molar-refractivity contribution in [2.24, 2.45) is 21.8 Å². The zero-order valence-electron chi connectivity index (χ0n) is 22.6. The zero-order chi connectivity index (χ0) is 26.8. The maximum atomic E-state index is 12.5. The molecule has 3 saturated carbocycles. The summed E-state index contributed by atoms with van der Waals surface area (Å²) < 4.78 is 8.41. The number of carbonyl (C=O) groups is 2. The predicted octanol–water partition coefficient (Wildman–Crippen LogP) is 6.21. The van der Waals surface area contributed by atoms with E-state index in [1.807, 2.05) is 12.1 Å². The van der Waals surface area contributed by atoms with Gasteiger partial charge in [0.05, 0.1) is 10.9 Å². The molecule has 5 unspecified atom stereocenters. The van der Waals surface area contributed by atoms with Gasteiger partial charge in [0.25, 0.3) is 0 Å². The van der Waals surface area contributed by atoms with Crippen molar-refractivity contribution in [3.8, 4) is 5.75 Å². The lowest BCUT2D eigenvalue weighted by Crippen LogP contribution is -2.43. The van der Waals surface area contributed by atoms with Crippen LogP contribution in [0.1, 0.15) is 107 Å². The Balaban J connectivity index is 1.08. The van der Waals surface area contributed by atoms with Crippen LogP contribution in [0.15, 0.2) is 22.8 Å². The molecule has 1 aromatic carbocycles. The number of fused-ring (bicyclic) bond motifs is 5. The highest BCUT2D eigenvalue weighted by Gasteiger charge is 2.54. The van der Waals surface area contributed by atoms with Crippen LogP contribution in [0.25, 0.3) is 0 Å². The number of aliphatic hydroxyl groups is 1. The Morgan fingerprint density at radius 3 is 2.71 bits per heavy atom. The molecule has 208 valence electrons. The second-order valence-corrected chi connectivity index (χ2v) is 13.6. The zero-order valence-corrected chi connectivity index (χ0v) is 23.4. The molecule has 0 bridgehead atoms. The molecule has 4 aliphatic carbocycles. The van der Waals surface area contributed by atoms with Gasteiger partial charge in [0.1, 0.15) is 5.75 Å². The summed E-state index contributed by atoms with van der Waals surface area (Å²) >= 11 is 1.06. The molecule has 3 fully saturated rings. The Morgan fingerprint density at radius 2 is 1.92 bits per heavy atom. The number of aryl methyl sites for hydroxylation is 1. The standard InChI is InChI=1S/C30H42N2O5S/c1-29-17-14-23-22-11-9-21(18-20(22)8-10-24(23)25(29)12-13-26(29)33)37-28(35)7-5-6-27(34)31-19-30(38-32-36)15-3-2-4-16-30/h9,11,18,23-26,33H,2-8,10,12-17,19H2,1H3,(H,31,34). The molecule has 8 heteroatoms. The van der Waals surface area contributed by atoms with Crippen molar-refractivity contribution in [3.05, 3.63) is 34.2 Å². The highest BCUT2D eigenvalue weighted by atomic mass is 32.2. The van der Waals surface area contributed by atoms with E-state index < -0.39 is 0 Å². The van der Waals surface area contributed by atoms with E-state index in [1.54, 1.807) is 0 Å². The molecule has 0 saturated heterocycles. The number of ether oxygens (including phenoxy) is 1. The normalized spacial score (nSPS) is 31.4. The van der Waals surface area contributed by atoms with E-state index in [9.17, 15) is 19.6 Å². The van der Waals surface area contributed by atoms with E-state index in [4.69, 9.17) is 4.74 Å².